The van der Waals surface area contributed by atoms with Gasteiger partial charge in [0.25, 0.3) is 0 Å². The van der Waals surface area contributed by atoms with Crippen molar-refractivity contribution in [3.05, 3.63) is 78.4 Å². The zero-order valence-electron chi connectivity index (χ0n) is 12.2. The third-order valence-electron chi connectivity index (χ3n) is 2.96. The van der Waals surface area contributed by atoms with Crippen LogP contribution in [0.4, 0.5) is 0 Å². The van der Waals surface area contributed by atoms with Crippen molar-refractivity contribution in [2.75, 3.05) is 0 Å². The summed E-state index contributed by atoms with van der Waals surface area (Å²) in [4.78, 5) is 12.2. The maximum atomic E-state index is 12.2. The predicted octanol–water partition coefficient (Wildman–Crippen LogP) is 1.18. The Morgan fingerprint density at radius 1 is 0.800 bits per heavy atom. The summed E-state index contributed by atoms with van der Waals surface area (Å²) in [6.07, 6.45) is 0. The summed E-state index contributed by atoms with van der Waals surface area (Å²) in [6.45, 7) is 0. The van der Waals surface area contributed by atoms with Crippen LogP contribution in [-0.2, 0) is 0 Å². The van der Waals surface area contributed by atoms with E-state index in [2.05, 4.69) is 0 Å². The van der Waals surface area contributed by atoms with Gasteiger partial charge in [0.15, 0.2) is 0 Å². The fourth-order valence-corrected chi connectivity index (χ4v) is 2.05. The maximum absolute atomic E-state index is 12.2. The number of ether oxygens (including phenoxy) is 1. The zero-order valence-corrected chi connectivity index (χ0v) is 13.2. The second-order valence-corrected chi connectivity index (χ2v) is 4.23. The quantitative estimate of drug-likeness (QED) is 0.398. The summed E-state index contributed by atoms with van der Waals surface area (Å²) >= 11 is 0. The molecule has 3 heteroatoms. The van der Waals surface area contributed by atoms with Crippen LogP contribution in [0.5, 0.6) is 5.75 Å². The Labute approximate surface area is 141 Å². The molecule has 3 aromatic carbocycles. The van der Waals surface area contributed by atoms with Gasteiger partial charge in [-0.3, -0.25) is 0 Å². The van der Waals surface area contributed by atoms with Crippen molar-refractivity contribution in [1.29, 1.82) is 0 Å². The van der Waals surface area contributed by atoms with Gasteiger partial charge in [-0.1, -0.05) is 54.6 Å². The van der Waals surface area contributed by atoms with Gasteiger partial charge in [0.2, 0.25) is 0 Å². The van der Waals surface area contributed by atoms with Crippen LogP contribution in [-0.4, -0.2) is 5.97 Å². The molecule has 0 aliphatic carbocycles. The van der Waals surface area contributed by atoms with E-state index < -0.39 is 0 Å². The molecule has 0 aliphatic heterocycles. The van der Waals surface area contributed by atoms with E-state index in [1.807, 2.05) is 54.6 Å². The summed E-state index contributed by atoms with van der Waals surface area (Å²) < 4.78 is 5.37. The minimum atomic E-state index is -0.331. The molecule has 2 nitrogen and oxygen atoms in total. The molecule has 0 bridgehead atoms. The van der Waals surface area contributed by atoms with E-state index in [9.17, 15) is 4.79 Å². The van der Waals surface area contributed by atoms with E-state index >= 15 is 0 Å². The van der Waals surface area contributed by atoms with Gasteiger partial charge in [-0.15, -0.1) is 0 Å². The van der Waals surface area contributed by atoms with Gasteiger partial charge < -0.3 is 6.16 Å². The van der Waals surface area contributed by atoms with E-state index in [4.69, 9.17) is 4.74 Å². The number of carbonyl (C=O) groups is 1. The van der Waals surface area contributed by atoms with Crippen molar-refractivity contribution >= 4 is 16.7 Å². The number of hydrogen-bond acceptors (Lipinski definition) is 2. The molecule has 0 saturated heterocycles. The van der Waals surface area contributed by atoms with E-state index in [1.54, 1.807) is 18.2 Å². The summed E-state index contributed by atoms with van der Waals surface area (Å²) in [6, 6.07) is 22.5. The van der Waals surface area contributed by atoms with Gasteiger partial charge in [-0.2, -0.15) is 0 Å². The number of hydrogen-bond donors (Lipinski definition) is 0. The van der Waals surface area contributed by atoms with E-state index in [-0.39, 0.29) is 37.0 Å². The van der Waals surface area contributed by atoms with Gasteiger partial charge >= 0.3 is 35.5 Å². The Morgan fingerprint density at radius 3 is 2.25 bits per heavy atom. The SMILES string of the molecule is O=C(Oc1ccccc1)c1cccc2ccccc12.[H-].[Na+]. The summed E-state index contributed by atoms with van der Waals surface area (Å²) in [7, 11) is 0. The number of benzene rings is 3. The van der Waals surface area contributed by atoms with Crippen molar-refractivity contribution in [3.63, 3.8) is 0 Å². The predicted molar refractivity (Wildman–Crippen MR) is 76.5 cm³/mol. The van der Waals surface area contributed by atoms with Crippen LogP contribution in [0.25, 0.3) is 10.8 Å². The number of fused-ring (bicyclic) bond motifs is 1. The summed E-state index contributed by atoms with van der Waals surface area (Å²) in [5.74, 6) is 0.225. The minimum Gasteiger partial charge on any atom is -1.00 e. The van der Waals surface area contributed by atoms with Crippen molar-refractivity contribution in [2.24, 2.45) is 0 Å². The normalized spacial score (nSPS) is 9.80. The molecule has 0 heterocycles. The van der Waals surface area contributed by atoms with Gasteiger partial charge in [0, 0.05) is 0 Å². The molecule has 94 valence electrons. The van der Waals surface area contributed by atoms with Crippen LogP contribution in [0.2, 0.25) is 0 Å². The molecule has 3 aromatic rings. The monoisotopic (exact) mass is 272 g/mol. The number of para-hydroxylation sites is 1. The average Bonchev–Trinajstić information content (AvgIpc) is 2.47. The van der Waals surface area contributed by atoms with Crippen LogP contribution >= 0.6 is 0 Å². The van der Waals surface area contributed by atoms with Crippen LogP contribution in [0.1, 0.15) is 11.8 Å². The molecule has 0 radical (unpaired) electrons. The molecule has 0 spiro atoms. The molecule has 3 rings (SSSR count). The molecule has 0 atom stereocenters. The first-order chi connectivity index (χ1) is 9.34. The fraction of sp³-hybridized carbons (Fsp3) is 0. The molecule has 0 amide bonds. The first-order valence-corrected chi connectivity index (χ1v) is 6.09. The third-order valence-corrected chi connectivity index (χ3v) is 2.96. The second-order valence-electron chi connectivity index (χ2n) is 4.23. The van der Waals surface area contributed by atoms with Gasteiger partial charge in [-0.05, 0) is 29.0 Å². The van der Waals surface area contributed by atoms with Gasteiger partial charge in [-0.25, -0.2) is 4.79 Å². The maximum Gasteiger partial charge on any atom is 1.00 e. The first kappa shape index (κ1) is 14.8. The van der Waals surface area contributed by atoms with Crippen molar-refractivity contribution in [3.8, 4) is 5.75 Å². The van der Waals surface area contributed by atoms with E-state index in [0.29, 0.717) is 11.3 Å². The Kier molecular flexibility index (Phi) is 4.96. The average molecular weight is 272 g/mol. The minimum absolute atomic E-state index is 0. The Bertz CT molecular complexity index is 724. The summed E-state index contributed by atoms with van der Waals surface area (Å²) in [5.41, 5.74) is 0.585. The summed E-state index contributed by atoms with van der Waals surface area (Å²) in [5, 5.41) is 1.94. The smallest absolute Gasteiger partial charge is 1.00 e. The Hall–Kier alpha value is -1.61. The largest absolute Gasteiger partial charge is 1.00 e. The molecule has 0 aliphatic rings. The molecular weight excluding hydrogens is 259 g/mol. The molecular formula is C17H13NaO2. The molecule has 0 N–H and O–H groups in total. The van der Waals surface area contributed by atoms with Crippen LogP contribution in [0.15, 0.2) is 72.8 Å². The van der Waals surface area contributed by atoms with Crippen molar-refractivity contribution in [1.82, 2.24) is 0 Å². The van der Waals surface area contributed by atoms with Crippen LogP contribution in [0, 0.1) is 0 Å². The van der Waals surface area contributed by atoms with E-state index in [1.165, 1.54) is 0 Å². The fourth-order valence-electron chi connectivity index (χ4n) is 2.05. The van der Waals surface area contributed by atoms with Crippen LogP contribution in [0.3, 0.4) is 0 Å². The molecule has 0 saturated carbocycles. The molecule has 20 heavy (non-hydrogen) atoms. The van der Waals surface area contributed by atoms with Gasteiger partial charge in [0.1, 0.15) is 5.75 Å². The van der Waals surface area contributed by atoms with Crippen LogP contribution < -0.4 is 34.3 Å². The number of rotatable bonds is 2. The first-order valence-electron chi connectivity index (χ1n) is 6.09. The zero-order chi connectivity index (χ0) is 13.1. The van der Waals surface area contributed by atoms with E-state index in [0.717, 1.165) is 10.8 Å². The molecule has 0 fully saturated rings. The Morgan fingerprint density at radius 2 is 1.45 bits per heavy atom. The number of esters is 1. The Balaban J connectivity index is 0.00000110. The third kappa shape index (κ3) is 3.10. The molecule has 0 aromatic heterocycles. The standard InChI is InChI=1S/C17H12O2.Na.H/c18-17(19-14-9-2-1-3-10-14)16-12-6-8-13-7-4-5-11-15(13)16;;/h1-12H;;/q;+1;-1. The molecule has 0 unspecified atom stereocenters. The second kappa shape index (κ2) is 6.71. The number of carbonyl (C=O) groups excluding carboxylic acids is 1. The van der Waals surface area contributed by atoms with Crippen molar-refractivity contribution < 1.29 is 40.5 Å². The van der Waals surface area contributed by atoms with Crippen molar-refractivity contribution in [2.45, 2.75) is 0 Å². The van der Waals surface area contributed by atoms with Gasteiger partial charge in [0.05, 0.1) is 5.56 Å². The topological polar surface area (TPSA) is 26.3 Å².